The summed E-state index contributed by atoms with van der Waals surface area (Å²) in [7, 11) is 0. The van der Waals surface area contributed by atoms with Crippen LogP contribution in [0.25, 0.3) is 131 Å². The minimum absolute atomic E-state index is 1.16. The third-order valence-electron chi connectivity index (χ3n) is 13.8. The number of hydrogen-bond donors (Lipinski definition) is 0. The van der Waals surface area contributed by atoms with Gasteiger partial charge in [-0.2, -0.15) is 0 Å². The van der Waals surface area contributed by atoms with E-state index in [-0.39, 0.29) is 0 Å². The zero-order valence-corrected chi connectivity index (χ0v) is 34.8. The van der Waals surface area contributed by atoms with E-state index in [2.05, 4.69) is 240 Å². The number of aromatic nitrogens is 2. The van der Waals surface area contributed by atoms with Crippen LogP contribution in [0.2, 0.25) is 0 Å². The molecule has 0 aliphatic carbocycles. The maximum Gasteiger partial charge on any atom is 0.0547 e. The monoisotopic (exact) mass is 810 g/mol. The van der Waals surface area contributed by atoms with Crippen molar-refractivity contribution < 1.29 is 0 Å². The lowest BCUT2D eigenvalue weighted by molar-refractivity contribution is 1.18. The Kier molecular flexibility index (Phi) is 7.43. The summed E-state index contributed by atoms with van der Waals surface area (Å²) >= 11 is 0. The highest BCUT2D eigenvalue weighted by Gasteiger charge is 2.21. The molecule has 0 bridgehead atoms. The van der Waals surface area contributed by atoms with Gasteiger partial charge in [-0.3, -0.25) is 0 Å². The van der Waals surface area contributed by atoms with Crippen LogP contribution in [-0.2, 0) is 0 Å². The molecule has 0 saturated carbocycles. The Hall–Kier alpha value is -8.46. The highest BCUT2D eigenvalue weighted by Crippen LogP contribution is 2.46. The summed E-state index contributed by atoms with van der Waals surface area (Å²) in [4.78, 5) is 0. The molecule has 0 aliphatic heterocycles. The Balaban J connectivity index is 1.00. The molecule has 0 fully saturated rings. The maximum absolute atomic E-state index is 2.52. The molecule has 0 radical (unpaired) electrons. The van der Waals surface area contributed by atoms with Gasteiger partial charge in [0, 0.05) is 38.0 Å². The van der Waals surface area contributed by atoms with E-state index in [4.69, 9.17) is 0 Å². The minimum atomic E-state index is 1.16. The highest BCUT2D eigenvalue weighted by molar-refractivity contribution is 6.36. The molecule has 296 valence electrons. The number of fused-ring (bicyclic) bond motifs is 16. The van der Waals surface area contributed by atoms with Gasteiger partial charge in [0.25, 0.3) is 0 Å². The highest BCUT2D eigenvalue weighted by atomic mass is 15.0. The third-order valence-corrected chi connectivity index (χ3v) is 13.8. The van der Waals surface area contributed by atoms with Crippen molar-refractivity contribution in [2.75, 3.05) is 0 Å². The second-order valence-corrected chi connectivity index (χ2v) is 17.2. The molecule has 2 aromatic heterocycles. The molecule has 2 heterocycles. The fourth-order valence-corrected chi connectivity index (χ4v) is 11.0. The Labute approximate surface area is 369 Å². The first kappa shape index (κ1) is 35.2. The molecule has 0 N–H and O–H groups in total. The van der Waals surface area contributed by atoms with Crippen molar-refractivity contribution in [3.05, 3.63) is 231 Å². The van der Waals surface area contributed by atoms with Gasteiger partial charge < -0.3 is 9.13 Å². The van der Waals surface area contributed by atoms with Crippen LogP contribution in [-0.4, -0.2) is 9.13 Å². The summed E-state index contributed by atoms with van der Waals surface area (Å²) in [6.45, 7) is 0. The topological polar surface area (TPSA) is 9.86 Å². The molecule has 0 saturated heterocycles. The summed E-state index contributed by atoms with van der Waals surface area (Å²) < 4.78 is 4.94. The molecule has 0 amide bonds. The van der Waals surface area contributed by atoms with Crippen LogP contribution >= 0.6 is 0 Å². The van der Waals surface area contributed by atoms with Crippen LogP contribution in [0.5, 0.6) is 0 Å². The predicted molar refractivity (Wildman–Crippen MR) is 274 cm³/mol. The minimum Gasteiger partial charge on any atom is -0.309 e. The number of benzene rings is 12. The fraction of sp³-hybridized carbons (Fsp3) is 0. The average molecular weight is 811 g/mol. The number of rotatable bonds is 4. The molecule has 12 aromatic carbocycles. The molecule has 0 unspecified atom stereocenters. The lowest BCUT2D eigenvalue weighted by atomic mass is 9.88. The van der Waals surface area contributed by atoms with Crippen molar-refractivity contribution in [3.63, 3.8) is 0 Å². The lowest BCUT2D eigenvalue weighted by Gasteiger charge is -2.19. The first-order chi connectivity index (χ1) is 31.8. The molecule has 14 aromatic rings. The van der Waals surface area contributed by atoms with Crippen molar-refractivity contribution in [2.45, 2.75) is 0 Å². The SMILES string of the molecule is c1ccc(-c2cccc(-n3c4ccccc4c4cc(-c5ccc6c(c5)c5ccccc5n6-c5cc6c7ccccc7c7ccccc7c6c6c5ccc5ccccc56)ccc43)c2)cc1. The smallest absolute Gasteiger partial charge is 0.0547 e. The van der Waals surface area contributed by atoms with Gasteiger partial charge in [-0.25, -0.2) is 0 Å². The molecule has 64 heavy (non-hydrogen) atoms. The summed E-state index contributed by atoms with van der Waals surface area (Å²) in [5.41, 5.74) is 12.0. The van der Waals surface area contributed by atoms with Gasteiger partial charge >= 0.3 is 0 Å². The Morgan fingerprint density at radius 1 is 0.219 bits per heavy atom. The van der Waals surface area contributed by atoms with Crippen LogP contribution < -0.4 is 0 Å². The molecule has 0 atom stereocenters. The van der Waals surface area contributed by atoms with E-state index in [1.165, 1.54) is 125 Å². The number of para-hydroxylation sites is 2. The third kappa shape index (κ3) is 5.02. The first-order valence-electron chi connectivity index (χ1n) is 22.2. The van der Waals surface area contributed by atoms with E-state index < -0.39 is 0 Å². The fourth-order valence-electron chi connectivity index (χ4n) is 11.0. The zero-order chi connectivity index (χ0) is 41.9. The first-order valence-corrected chi connectivity index (χ1v) is 22.2. The van der Waals surface area contributed by atoms with Gasteiger partial charge in [-0.05, 0) is 120 Å². The zero-order valence-electron chi connectivity index (χ0n) is 34.8. The molecule has 2 heteroatoms. The second-order valence-electron chi connectivity index (χ2n) is 17.2. The van der Waals surface area contributed by atoms with Crippen molar-refractivity contribution >= 4 is 97.5 Å². The molecular weight excluding hydrogens is 773 g/mol. The molecule has 0 spiro atoms. The molecular formula is C62H38N2. The Morgan fingerprint density at radius 3 is 1.41 bits per heavy atom. The molecule has 2 nitrogen and oxygen atoms in total. The summed E-state index contributed by atoms with van der Waals surface area (Å²) in [6, 6.07) is 85.3. The van der Waals surface area contributed by atoms with Crippen molar-refractivity contribution in [1.82, 2.24) is 9.13 Å². The van der Waals surface area contributed by atoms with Gasteiger partial charge in [-0.15, -0.1) is 0 Å². The normalized spacial score (nSPS) is 12.1. The van der Waals surface area contributed by atoms with Crippen LogP contribution in [0.1, 0.15) is 0 Å². The largest absolute Gasteiger partial charge is 0.309 e. The van der Waals surface area contributed by atoms with Crippen molar-refractivity contribution in [2.24, 2.45) is 0 Å². The van der Waals surface area contributed by atoms with Crippen LogP contribution in [0.15, 0.2) is 231 Å². The quantitative estimate of drug-likeness (QED) is 0.157. The van der Waals surface area contributed by atoms with Gasteiger partial charge in [0.1, 0.15) is 0 Å². The summed E-state index contributed by atoms with van der Waals surface area (Å²) in [5.74, 6) is 0. The van der Waals surface area contributed by atoms with Crippen LogP contribution in [0, 0.1) is 0 Å². The van der Waals surface area contributed by atoms with Crippen LogP contribution in [0.3, 0.4) is 0 Å². The molecule has 0 aliphatic rings. The standard InChI is InChI=1S/C62H38N2/c1-2-15-39(16-3-1)41-18-14-19-44(35-41)63-56-27-12-10-24-49(56)53-36-42(30-33-58(53)63)43-31-34-59-54(37-43)50-25-11-13-28-57(50)64(59)60-38-55-48-23-7-6-21-46(48)47-22-8-9-26-51(47)62(55)61-45-20-5-4-17-40(45)29-32-52(60)61/h1-38H. The van der Waals surface area contributed by atoms with Crippen LogP contribution in [0.4, 0.5) is 0 Å². The van der Waals surface area contributed by atoms with E-state index in [1.54, 1.807) is 0 Å². The van der Waals surface area contributed by atoms with Gasteiger partial charge in [0.15, 0.2) is 0 Å². The van der Waals surface area contributed by atoms with E-state index >= 15 is 0 Å². The van der Waals surface area contributed by atoms with E-state index in [1.807, 2.05) is 0 Å². The maximum atomic E-state index is 2.52. The molecule has 14 rings (SSSR count). The second kappa shape index (κ2) is 13.5. The van der Waals surface area contributed by atoms with Gasteiger partial charge in [0.2, 0.25) is 0 Å². The lowest BCUT2D eigenvalue weighted by Crippen LogP contribution is -1.97. The predicted octanol–water partition coefficient (Wildman–Crippen LogP) is 17.0. The number of hydrogen-bond acceptors (Lipinski definition) is 0. The van der Waals surface area contributed by atoms with Crippen molar-refractivity contribution in [1.29, 1.82) is 0 Å². The van der Waals surface area contributed by atoms with Gasteiger partial charge in [0.05, 0.1) is 27.8 Å². The van der Waals surface area contributed by atoms with Crippen molar-refractivity contribution in [3.8, 4) is 33.6 Å². The Bertz CT molecular complexity index is 4240. The van der Waals surface area contributed by atoms with E-state index in [0.29, 0.717) is 0 Å². The van der Waals surface area contributed by atoms with Gasteiger partial charge in [-0.1, -0.05) is 176 Å². The van der Waals surface area contributed by atoms with E-state index in [0.717, 1.165) is 5.69 Å². The Morgan fingerprint density at radius 2 is 0.703 bits per heavy atom. The average Bonchev–Trinajstić information content (AvgIpc) is 3.88. The summed E-state index contributed by atoms with van der Waals surface area (Å²) in [5, 5.41) is 17.8. The van der Waals surface area contributed by atoms with E-state index in [9.17, 15) is 0 Å². The number of nitrogens with zero attached hydrogens (tertiary/aromatic N) is 2. The summed E-state index contributed by atoms with van der Waals surface area (Å²) in [6.07, 6.45) is 0.